The molecule has 2 N–H and O–H groups in total. The molecule has 0 saturated carbocycles. The highest BCUT2D eigenvalue weighted by Crippen LogP contribution is 2.16. The van der Waals surface area contributed by atoms with E-state index in [9.17, 15) is 4.79 Å². The highest BCUT2D eigenvalue weighted by molar-refractivity contribution is 5.89. The lowest BCUT2D eigenvalue weighted by molar-refractivity contribution is 0.0939. The predicted molar refractivity (Wildman–Crippen MR) is 50.6 cm³/mol. The molecule has 0 radical (unpaired) electrons. The van der Waals surface area contributed by atoms with Crippen molar-refractivity contribution in [1.82, 2.24) is 25.9 Å². The van der Waals surface area contributed by atoms with Gasteiger partial charge in [-0.2, -0.15) is 5.21 Å². The molecule has 1 rings (SSSR count). The van der Waals surface area contributed by atoms with E-state index in [-0.39, 0.29) is 17.1 Å². The number of nitrogens with one attached hydrogen (secondary N) is 2. The van der Waals surface area contributed by atoms with Gasteiger partial charge in [-0.25, -0.2) is 0 Å². The van der Waals surface area contributed by atoms with Crippen molar-refractivity contribution in [3.05, 3.63) is 5.82 Å². The summed E-state index contributed by atoms with van der Waals surface area (Å²) in [5.41, 5.74) is 0.213. The molecule has 0 atom stereocenters. The lowest BCUT2D eigenvalue weighted by atomic mass is 9.92. The summed E-state index contributed by atoms with van der Waals surface area (Å²) < 4.78 is 0. The average molecular weight is 197 g/mol. The minimum absolute atomic E-state index is 0.0823. The van der Waals surface area contributed by atoms with Crippen molar-refractivity contribution in [2.45, 2.75) is 27.2 Å². The fourth-order valence-electron chi connectivity index (χ4n) is 0.888. The lowest BCUT2D eigenvalue weighted by Crippen LogP contribution is -2.28. The number of tetrazole rings is 1. The third-order valence-electron chi connectivity index (χ3n) is 1.71. The van der Waals surface area contributed by atoms with E-state index in [1.54, 1.807) is 0 Å². The Labute approximate surface area is 82.5 Å². The highest BCUT2D eigenvalue weighted by Gasteiger charge is 2.13. The predicted octanol–water partition coefficient (Wildman–Crippen LogP) is 0.366. The summed E-state index contributed by atoms with van der Waals surface area (Å²) in [5, 5.41) is 15.4. The van der Waals surface area contributed by atoms with E-state index in [4.69, 9.17) is 0 Å². The second-order valence-electron chi connectivity index (χ2n) is 4.30. The molecule has 0 fully saturated rings. The molecule has 6 nitrogen and oxygen atoms in total. The van der Waals surface area contributed by atoms with Crippen LogP contribution in [0.3, 0.4) is 0 Å². The quantitative estimate of drug-likeness (QED) is 0.733. The zero-order chi connectivity index (χ0) is 10.6. The SMILES string of the molecule is CC(C)(C)CCNC(=O)c1nn[nH]n1. The molecule has 1 amide bonds. The van der Waals surface area contributed by atoms with E-state index >= 15 is 0 Å². The highest BCUT2D eigenvalue weighted by atomic mass is 16.2. The topological polar surface area (TPSA) is 83.6 Å². The molecule has 0 bridgehead atoms. The maximum atomic E-state index is 11.3. The number of carbonyl (C=O) groups is 1. The Bertz CT molecular complexity index is 287. The molecule has 1 aromatic rings. The first kappa shape index (κ1) is 10.6. The van der Waals surface area contributed by atoms with Gasteiger partial charge in [-0.15, -0.1) is 10.2 Å². The summed E-state index contributed by atoms with van der Waals surface area (Å²) in [5.74, 6) is -0.207. The maximum absolute atomic E-state index is 11.3. The van der Waals surface area contributed by atoms with Crippen LogP contribution < -0.4 is 5.32 Å². The van der Waals surface area contributed by atoms with E-state index in [1.165, 1.54) is 0 Å². The first-order chi connectivity index (χ1) is 6.49. The van der Waals surface area contributed by atoms with Gasteiger partial charge in [0, 0.05) is 6.54 Å². The Morgan fingerprint density at radius 2 is 2.21 bits per heavy atom. The Kier molecular flexibility index (Phi) is 3.16. The third kappa shape index (κ3) is 3.51. The fraction of sp³-hybridized carbons (Fsp3) is 0.750. The zero-order valence-electron chi connectivity index (χ0n) is 8.66. The number of hydrogen-bond donors (Lipinski definition) is 2. The molecule has 0 aliphatic heterocycles. The minimum Gasteiger partial charge on any atom is -0.349 e. The third-order valence-corrected chi connectivity index (χ3v) is 1.71. The summed E-state index contributed by atoms with van der Waals surface area (Å²) in [6.07, 6.45) is 0.913. The van der Waals surface area contributed by atoms with Crippen LogP contribution >= 0.6 is 0 Å². The van der Waals surface area contributed by atoms with Crippen LogP contribution in [-0.2, 0) is 0 Å². The van der Waals surface area contributed by atoms with Crippen LogP contribution in [0.1, 0.15) is 37.8 Å². The summed E-state index contributed by atoms with van der Waals surface area (Å²) in [6, 6.07) is 0. The molecule has 0 unspecified atom stereocenters. The summed E-state index contributed by atoms with van der Waals surface area (Å²) in [4.78, 5) is 11.3. The van der Waals surface area contributed by atoms with Crippen LogP contribution in [0.25, 0.3) is 0 Å². The van der Waals surface area contributed by atoms with Gasteiger partial charge in [-0.1, -0.05) is 20.8 Å². The Morgan fingerprint density at radius 1 is 1.50 bits per heavy atom. The monoisotopic (exact) mass is 197 g/mol. The van der Waals surface area contributed by atoms with Gasteiger partial charge < -0.3 is 5.32 Å². The van der Waals surface area contributed by atoms with Crippen LogP contribution in [0.5, 0.6) is 0 Å². The molecule has 0 aromatic carbocycles. The van der Waals surface area contributed by atoms with Crippen LogP contribution in [0.2, 0.25) is 0 Å². The van der Waals surface area contributed by atoms with Gasteiger partial charge >= 0.3 is 0 Å². The van der Waals surface area contributed by atoms with E-state index in [1.807, 2.05) is 0 Å². The Morgan fingerprint density at radius 3 is 2.71 bits per heavy atom. The van der Waals surface area contributed by atoms with Crippen molar-refractivity contribution in [1.29, 1.82) is 0 Å². The molecular formula is C8H15N5O. The molecule has 6 heteroatoms. The van der Waals surface area contributed by atoms with Gasteiger partial charge in [0.2, 0.25) is 0 Å². The largest absolute Gasteiger partial charge is 0.349 e. The number of amides is 1. The summed E-state index contributed by atoms with van der Waals surface area (Å²) in [6.45, 7) is 6.98. The first-order valence-electron chi connectivity index (χ1n) is 4.51. The van der Waals surface area contributed by atoms with Gasteiger partial charge in [-0.3, -0.25) is 4.79 Å². The summed E-state index contributed by atoms with van der Waals surface area (Å²) >= 11 is 0. The zero-order valence-corrected chi connectivity index (χ0v) is 8.66. The van der Waals surface area contributed by atoms with Crippen molar-refractivity contribution in [2.75, 3.05) is 6.54 Å². The molecule has 0 saturated heterocycles. The Balaban J connectivity index is 2.30. The second kappa shape index (κ2) is 4.17. The number of nitrogens with zero attached hydrogens (tertiary/aromatic N) is 3. The smallest absolute Gasteiger partial charge is 0.292 e. The fourth-order valence-corrected chi connectivity index (χ4v) is 0.888. The number of aromatic amines is 1. The van der Waals surface area contributed by atoms with Crippen LogP contribution in [0.15, 0.2) is 0 Å². The maximum Gasteiger partial charge on any atom is 0.292 e. The number of hydrogen-bond acceptors (Lipinski definition) is 4. The molecule has 1 aromatic heterocycles. The lowest BCUT2D eigenvalue weighted by Gasteiger charge is -2.17. The molecule has 78 valence electrons. The molecular weight excluding hydrogens is 182 g/mol. The van der Waals surface area contributed by atoms with Gasteiger partial charge in [0.25, 0.3) is 11.7 Å². The van der Waals surface area contributed by atoms with E-state index < -0.39 is 0 Å². The van der Waals surface area contributed by atoms with E-state index in [2.05, 4.69) is 46.7 Å². The summed E-state index contributed by atoms with van der Waals surface area (Å²) in [7, 11) is 0. The van der Waals surface area contributed by atoms with Crippen molar-refractivity contribution < 1.29 is 4.79 Å². The van der Waals surface area contributed by atoms with E-state index in [0.29, 0.717) is 6.54 Å². The molecule has 1 heterocycles. The molecule has 0 aliphatic rings. The van der Waals surface area contributed by atoms with Crippen molar-refractivity contribution in [2.24, 2.45) is 5.41 Å². The van der Waals surface area contributed by atoms with E-state index in [0.717, 1.165) is 6.42 Å². The number of aromatic nitrogens is 4. The van der Waals surface area contributed by atoms with Gasteiger partial charge in [0.05, 0.1) is 0 Å². The van der Waals surface area contributed by atoms with Gasteiger partial charge in [0.1, 0.15) is 0 Å². The van der Waals surface area contributed by atoms with Gasteiger partial charge in [-0.05, 0) is 17.0 Å². The van der Waals surface area contributed by atoms with Crippen molar-refractivity contribution in [3.8, 4) is 0 Å². The molecule has 14 heavy (non-hydrogen) atoms. The second-order valence-corrected chi connectivity index (χ2v) is 4.30. The van der Waals surface area contributed by atoms with Crippen LogP contribution in [0.4, 0.5) is 0 Å². The Hall–Kier alpha value is -1.46. The number of carbonyl (C=O) groups excluding carboxylic acids is 1. The number of rotatable bonds is 3. The first-order valence-corrected chi connectivity index (χ1v) is 4.51. The molecule has 0 spiro atoms. The number of H-pyrrole nitrogens is 1. The van der Waals surface area contributed by atoms with Crippen LogP contribution in [-0.4, -0.2) is 33.1 Å². The standard InChI is InChI=1S/C8H15N5O/c1-8(2,3)4-5-9-7(14)6-10-12-13-11-6/h4-5H2,1-3H3,(H,9,14)(H,10,11,12,13). The normalized spacial score (nSPS) is 11.4. The minimum atomic E-state index is -0.289. The van der Waals surface area contributed by atoms with Gasteiger partial charge in [0.15, 0.2) is 0 Å². The average Bonchev–Trinajstić information content (AvgIpc) is 2.53. The van der Waals surface area contributed by atoms with Crippen molar-refractivity contribution >= 4 is 5.91 Å². The molecule has 0 aliphatic carbocycles. The van der Waals surface area contributed by atoms with Crippen LogP contribution in [0, 0.1) is 5.41 Å². The van der Waals surface area contributed by atoms with Crippen molar-refractivity contribution in [3.63, 3.8) is 0 Å².